The molecule has 176 valence electrons. The summed E-state index contributed by atoms with van der Waals surface area (Å²) in [6.07, 6.45) is 4.28. The van der Waals surface area contributed by atoms with Gasteiger partial charge in [0.25, 0.3) is 0 Å². The third-order valence-electron chi connectivity index (χ3n) is 6.21. The first-order chi connectivity index (χ1) is 16.9. The fourth-order valence-corrected chi connectivity index (χ4v) is 4.35. The summed E-state index contributed by atoms with van der Waals surface area (Å²) in [5.74, 6) is -1.04. The van der Waals surface area contributed by atoms with Gasteiger partial charge >= 0.3 is 5.97 Å². The van der Waals surface area contributed by atoms with Crippen LogP contribution in [-0.2, 0) is 17.6 Å². The summed E-state index contributed by atoms with van der Waals surface area (Å²) in [6, 6.07) is 13.3. The van der Waals surface area contributed by atoms with Crippen LogP contribution in [0, 0.1) is 0 Å². The molecule has 0 bridgehead atoms. The van der Waals surface area contributed by atoms with E-state index in [0.29, 0.717) is 17.9 Å². The monoisotopic (exact) mass is 469 g/mol. The molecule has 0 unspecified atom stereocenters. The molecule has 0 spiro atoms. The summed E-state index contributed by atoms with van der Waals surface area (Å²) in [4.78, 5) is 46.9. The number of anilines is 3. The smallest absolute Gasteiger partial charge is 0.341 e. The molecule has 2 aromatic carbocycles. The highest BCUT2D eigenvalue weighted by atomic mass is 16.4. The van der Waals surface area contributed by atoms with E-state index in [1.54, 1.807) is 16.4 Å². The first-order valence-electron chi connectivity index (χ1n) is 11.3. The van der Waals surface area contributed by atoms with E-state index in [0.717, 1.165) is 35.3 Å². The van der Waals surface area contributed by atoms with Gasteiger partial charge in [-0.3, -0.25) is 9.59 Å². The van der Waals surface area contributed by atoms with Gasteiger partial charge < -0.3 is 19.9 Å². The van der Waals surface area contributed by atoms with Crippen LogP contribution in [0.25, 0.3) is 16.7 Å². The van der Waals surface area contributed by atoms with Crippen molar-refractivity contribution in [1.29, 1.82) is 0 Å². The third kappa shape index (κ3) is 4.01. The van der Waals surface area contributed by atoms with Crippen LogP contribution in [0.4, 0.5) is 17.3 Å². The molecular formula is C26H23N5O4. The number of carboxylic acid groups (broad SMARTS) is 1. The molecule has 35 heavy (non-hydrogen) atoms. The fraction of sp³-hybridized carbons (Fsp3) is 0.192. The van der Waals surface area contributed by atoms with Gasteiger partial charge in [0.05, 0.1) is 5.39 Å². The molecule has 9 nitrogen and oxygen atoms in total. The Morgan fingerprint density at radius 1 is 1.14 bits per heavy atom. The molecule has 1 aliphatic rings. The molecule has 2 N–H and O–H groups in total. The van der Waals surface area contributed by atoms with E-state index < -0.39 is 11.4 Å². The van der Waals surface area contributed by atoms with Gasteiger partial charge in [0, 0.05) is 42.9 Å². The molecule has 4 aromatic rings. The molecular weight excluding hydrogens is 446 g/mol. The second-order valence-corrected chi connectivity index (χ2v) is 8.39. The van der Waals surface area contributed by atoms with Gasteiger partial charge in [0.2, 0.25) is 17.3 Å². The van der Waals surface area contributed by atoms with Gasteiger partial charge in [-0.15, -0.1) is 0 Å². The number of pyridine rings is 1. The average Bonchev–Trinajstić information content (AvgIpc) is 3.28. The Morgan fingerprint density at radius 3 is 2.60 bits per heavy atom. The second kappa shape index (κ2) is 8.68. The normalized spacial score (nSPS) is 12.6. The third-order valence-corrected chi connectivity index (χ3v) is 6.21. The summed E-state index contributed by atoms with van der Waals surface area (Å²) >= 11 is 0. The number of benzene rings is 2. The van der Waals surface area contributed by atoms with Crippen LogP contribution < -0.4 is 15.6 Å². The Labute approximate surface area is 200 Å². The number of hydrogen-bond acceptors (Lipinski definition) is 6. The van der Waals surface area contributed by atoms with E-state index in [1.807, 2.05) is 49.4 Å². The molecule has 1 amide bonds. The molecule has 1 aliphatic heterocycles. The number of aromatic carboxylic acids is 1. The zero-order valence-corrected chi connectivity index (χ0v) is 19.3. The predicted octanol–water partition coefficient (Wildman–Crippen LogP) is 3.69. The van der Waals surface area contributed by atoms with Crippen molar-refractivity contribution in [2.45, 2.75) is 26.7 Å². The lowest BCUT2D eigenvalue weighted by molar-refractivity contribution is -0.116. The first-order valence-corrected chi connectivity index (χ1v) is 11.3. The van der Waals surface area contributed by atoms with Crippen molar-refractivity contribution in [2.75, 3.05) is 16.8 Å². The molecule has 0 fully saturated rings. The second-order valence-electron chi connectivity index (χ2n) is 8.39. The quantitative estimate of drug-likeness (QED) is 0.458. The van der Waals surface area contributed by atoms with Gasteiger partial charge in [0.1, 0.15) is 5.56 Å². The zero-order valence-electron chi connectivity index (χ0n) is 19.3. The van der Waals surface area contributed by atoms with Gasteiger partial charge in [-0.25, -0.2) is 9.78 Å². The van der Waals surface area contributed by atoms with Gasteiger partial charge in [-0.05, 0) is 54.3 Å². The summed E-state index contributed by atoms with van der Waals surface area (Å²) in [5.41, 5.74) is 3.81. The minimum atomic E-state index is -1.31. The number of fused-ring (bicyclic) bond motifs is 2. The van der Waals surface area contributed by atoms with Gasteiger partial charge in [0.15, 0.2) is 5.65 Å². The minimum absolute atomic E-state index is 0.00740. The van der Waals surface area contributed by atoms with E-state index in [4.69, 9.17) is 0 Å². The Kier molecular flexibility index (Phi) is 5.52. The van der Waals surface area contributed by atoms with Crippen LogP contribution in [0.3, 0.4) is 0 Å². The average molecular weight is 470 g/mol. The van der Waals surface area contributed by atoms with E-state index in [2.05, 4.69) is 15.3 Å². The standard InChI is InChI=1S/C26H23N5O4/c1-3-16-4-7-19(8-5-16)31-14-21(25(34)35)23(33)20-13-27-26(29-24(20)31)28-18-6-9-22-17(12-18)10-11-30(22)15(2)32/h4-9,12-14H,3,10-11H2,1-2H3,(H,34,35)(H,27,28,29). The predicted molar refractivity (Wildman–Crippen MR) is 133 cm³/mol. The van der Waals surface area contributed by atoms with Crippen molar-refractivity contribution < 1.29 is 14.7 Å². The molecule has 5 rings (SSSR count). The van der Waals surface area contributed by atoms with Crippen LogP contribution >= 0.6 is 0 Å². The topological polar surface area (TPSA) is 117 Å². The highest BCUT2D eigenvalue weighted by molar-refractivity contribution is 5.94. The zero-order chi connectivity index (χ0) is 24.7. The molecule has 2 aromatic heterocycles. The lowest BCUT2D eigenvalue weighted by Gasteiger charge is -2.15. The number of carboxylic acids is 1. The molecule has 0 aliphatic carbocycles. The van der Waals surface area contributed by atoms with Crippen LogP contribution in [0.5, 0.6) is 0 Å². The first kappa shape index (κ1) is 22.3. The number of carbonyl (C=O) groups is 2. The Morgan fingerprint density at radius 2 is 1.91 bits per heavy atom. The maximum Gasteiger partial charge on any atom is 0.341 e. The van der Waals surface area contributed by atoms with Crippen molar-refractivity contribution in [3.05, 3.63) is 81.8 Å². The molecule has 3 heterocycles. The number of carbonyl (C=O) groups excluding carboxylic acids is 1. The highest BCUT2D eigenvalue weighted by Crippen LogP contribution is 2.31. The van der Waals surface area contributed by atoms with E-state index in [1.165, 1.54) is 12.4 Å². The van der Waals surface area contributed by atoms with E-state index in [-0.39, 0.29) is 22.8 Å². The Bertz CT molecular complexity index is 1540. The fourth-order valence-electron chi connectivity index (χ4n) is 4.35. The number of rotatable bonds is 5. The molecule has 0 saturated carbocycles. The summed E-state index contributed by atoms with van der Waals surface area (Å²) in [5, 5.41) is 12.8. The van der Waals surface area contributed by atoms with E-state index in [9.17, 15) is 19.5 Å². The van der Waals surface area contributed by atoms with Crippen molar-refractivity contribution in [3.63, 3.8) is 0 Å². The number of nitrogens with zero attached hydrogens (tertiary/aromatic N) is 4. The molecule has 9 heteroatoms. The largest absolute Gasteiger partial charge is 0.477 e. The number of nitrogens with one attached hydrogen (secondary N) is 1. The number of aryl methyl sites for hydroxylation is 1. The van der Waals surface area contributed by atoms with E-state index >= 15 is 0 Å². The van der Waals surface area contributed by atoms with Crippen LogP contribution in [-0.4, -0.2) is 38.1 Å². The van der Waals surface area contributed by atoms with Crippen molar-refractivity contribution in [1.82, 2.24) is 14.5 Å². The molecule has 0 saturated heterocycles. The lowest BCUT2D eigenvalue weighted by atomic mass is 10.1. The van der Waals surface area contributed by atoms with Crippen LogP contribution in [0.15, 0.2) is 59.7 Å². The highest BCUT2D eigenvalue weighted by Gasteiger charge is 2.22. The molecule has 0 radical (unpaired) electrons. The maximum atomic E-state index is 12.8. The minimum Gasteiger partial charge on any atom is -0.477 e. The number of aromatic nitrogens is 3. The number of hydrogen-bond donors (Lipinski definition) is 2. The van der Waals surface area contributed by atoms with Crippen molar-refractivity contribution >= 4 is 40.2 Å². The maximum absolute atomic E-state index is 12.8. The molecule has 0 atom stereocenters. The SMILES string of the molecule is CCc1ccc(-n2cc(C(=O)O)c(=O)c3cnc(Nc4ccc5c(c4)CCN5C(C)=O)nc32)cc1. The summed E-state index contributed by atoms with van der Waals surface area (Å²) in [7, 11) is 0. The number of amides is 1. The van der Waals surface area contributed by atoms with Gasteiger partial charge in [-0.1, -0.05) is 19.1 Å². The van der Waals surface area contributed by atoms with Gasteiger partial charge in [-0.2, -0.15) is 4.98 Å². The van der Waals surface area contributed by atoms with Crippen LogP contribution in [0.1, 0.15) is 35.3 Å². The lowest BCUT2D eigenvalue weighted by Crippen LogP contribution is -2.25. The van der Waals surface area contributed by atoms with Crippen molar-refractivity contribution in [3.8, 4) is 5.69 Å². The van der Waals surface area contributed by atoms with Crippen molar-refractivity contribution in [2.24, 2.45) is 0 Å². The Balaban J connectivity index is 1.58. The van der Waals surface area contributed by atoms with Crippen LogP contribution in [0.2, 0.25) is 0 Å². The summed E-state index contributed by atoms with van der Waals surface area (Å²) in [6.45, 7) is 4.25. The Hall–Kier alpha value is -4.53. The summed E-state index contributed by atoms with van der Waals surface area (Å²) < 4.78 is 1.60.